The van der Waals surface area contributed by atoms with E-state index in [1.165, 1.54) is 43.2 Å². The molecule has 0 fully saturated rings. The van der Waals surface area contributed by atoms with Crippen molar-refractivity contribution >= 4 is 11.8 Å². The van der Waals surface area contributed by atoms with Gasteiger partial charge >= 0.3 is 0 Å². The molecule has 0 saturated carbocycles. The molecule has 1 aliphatic heterocycles. The molecule has 7 aromatic carbocycles. The van der Waals surface area contributed by atoms with E-state index >= 15 is 0 Å². The number of hydrogen-bond acceptors (Lipinski definition) is 5. The first kappa shape index (κ1) is 33.0. The average Bonchev–Trinajstić information content (AvgIpc) is 3.25. The van der Waals surface area contributed by atoms with E-state index in [4.69, 9.17) is 15.0 Å². The predicted molar refractivity (Wildman–Crippen MR) is 221 cm³/mol. The second-order valence-corrected chi connectivity index (χ2v) is 15.8. The maximum absolute atomic E-state index is 9.54. The van der Waals surface area contributed by atoms with Gasteiger partial charge in [-0.05, 0) is 74.8 Å². The van der Waals surface area contributed by atoms with E-state index in [-0.39, 0.29) is 5.41 Å². The zero-order valence-electron chi connectivity index (χ0n) is 30.4. The largest absolute Gasteiger partial charge is 0.208 e. The molecule has 5 heteroatoms. The summed E-state index contributed by atoms with van der Waals surface area (Å²) in [4.78, 5) is 17.8. The van der Waals surface area contributed by atoms with Gasteiger partial charge in [0.15, 0.2) is 17.5 Å². The van der Waals surface area contributed by atoms with Crippen molar-refractivity contribution in [2.45, 2.75) is 34.5 Å². The molecular weight excluding hydrogens is 689 g/mol. The summed E-state index contributed by atoms with van der Waals surface area (Å²) in [5.74, 6) is 1.82. The highest BCUT2D eigenvalue weighted by Crippen LogP contribution is 2.61. The molecule has 0 atom stereocenters. The molecule has 0 saturated heterocycles. The molecule has 1 spiro atoms. The van der Waals surface area contributed by atoms with E-state index in [1.807, 2.05) is 78.5 Å². The van der Waals surface area contributed by atoms with Crippen LogP contribution in [-0.2, 0) is 10.8 Å². The number of benzene rings is 7. The number of nitrogens with zero attached hydrogens (tertiary/aromatic N) is 4. The SMILES string of the molecule is CC1(C)c2ccccc2C2(c3ccccc3Sc3cc(-c4nc(-c5ccccc5)nc(-c5cccc(-c6cccc(C#N)c6)c5)n4)ccc32)c2ccccc21. The highest BCUT2D eigenvalue weighted by molar-refractivity contribution is 7.99. The highest BCUT2D eigenvalue weighted by atomic mass is 32.2. The third-order valence-electron chi connectivity index (χ3n) is 11.3. The van der Waals surface area contributed by atoms with Crippen LogP contribution in [-0.4, -0.2) is 15.0 Å². The zero-order valence-corrected chi connectivity index (χ0v) is 31.2. The summed E-state index contributed by atoms with van der Waals surface area (Å²) in [5, 5.41) is 9.54. The molecule has 0 N–H and O–H groups in total. The molecule has 1 aromatic heterocycles. The van der Waals surface area contributed by atoms with E-state index in [1.54, 1.807) is 0 Å². The molecule has 8 aromatic rings. The molecule has 0 unspecified atom stereocenters. The number of fused-ring (bicyclic) bond motifs is 8. The average molecular weight is 723 g/mol. The van der Waals surface area contributed by atoms with Crippen LogP contribution in [0.15, 0.2) is 180 Å². The molecule has 0 amide bonds. The van der Waals surface area contributed by atoms with Gasteiger partial charge in [-0.3, -0.25) is 0 Å². The fraction of sp³-hybridized carbons (Fsp3) is 0.0800. The van der Waals surface area contributed by atoms with Crippen molar-refractivity contribution in [3.8, 4) is 51.4 Å². The quantitative estimate of drug-likeness (QED) is 0.181. The Labute approximate surface area is 325 Å². The first-order valence-electron chi connectivity index (χ1n) is 18.5. The highest BCUT2D eigenvalue weighted by Gasteiger charge is 2.52. The van der Waals surface area contributed by atoms with Crippen LogP contribution in [0.25, 0.3) is 45.3 Å². The van der Waals surface area contributed by atoms with Crippen LogP contribution in [0.1, 0.15) is 52.8 Å². The van der Waals surface area contributed by atoms with Crippen molar-refractivity contribution in [3.63, 3.8) is 0 Å². The van der Waals surface area contributed by atoms with Gasteiger partial charge in [0.1, 0.15) is 0 Å². The Kier molecular flexibility index (Phi) is 7.66. The fourth-order valence-electron chi connectivity index (χ4n) is 8.72. The maximum Gasteiger partial charge on any atom is 0.164 e. The van der Waals surface area contributed by atoms with Crippen LogP contribution in [0, 0.1) is 11.3 Å². The summed E-state index contributed by atoms with van der Waals surface area (Å²) in [6.07, 6.45) is 0. The Morgan fingerprint density at radius 1 is 0.418 bits per heavy atom. The van der Waals surface area contributed by atoms with Gasteiger partial charge in [0, 0.05) is 31.9 Å². The van der Waals surface area contributed by atoms with Crippen molar-refractivity contribution in [2.24, 2.45) is 0 Å². The normalized spacial score (nSPS) is 14.2. The Morgan fingerprint density at radius 3 is 1.58 bits per heavy atom. The third-order valence-corrected chi connectivity index (χ3v) is 12.4. The number of rotatable bonds is 4. The van der Waals surface area contributed by atoms with E-state index in [9.17, 15) is 5.26 Å². The molecule has 1 aliphatic carbocycles. The standard InChI is InChI=1S/C50H34N4S/c1-49(2)38-20-6-8-22-40(38)50(41-23-9-7-21-39(41)49)42-24-10-11-25-44(42)55-45-30-37(26-27-43(45)50)48-53-46(33-15-4-3-5-16-33)52-47(54-48)36-19-13-18-35(29-36)34-17-12-14-32(28-34)31-51/h3-30H,1-2H3. The summed E-state index contributed by atoms with van der Waals surface area (Å²) in [5.41, 5.74) is 12.6. The van der Waals surface area contributed by atoms with Crippen LogP contribution < -0.4 is 0 Å². The van der Waals surface area contributed by atoms with Crippen molar-refractivity contribution < 1.29 is 0 Å². The van der Waals surface area contributed by atoms with E-state index < -0.39 is 5.41 Å². The summed E-state index contributed by atoms with van der Waals surface area (Å²) in [6.45, 7) is 4.71. The van der Waals surface area contributed by atoms with Crippen LogP contribution in [0.2, 0.25) is 0 Å². The Morgan fingerprint density at radius 2 is 0.909 bits per heavy atom. The minimum absolute atomic E-state index is 0.164. The van der Waals surface area contributed by atoms with Gasteiger partial charge in [-0.15, -0.1) is 0 Å². The third kappa shape index (κ3) is 5.17. The molecular formula is C50H34N4S. The minimum atomic E-state index is -0.499. The lowest BCUT2D eigenvalue weighted by molar-refractivity contribution is 0.549. The summed E-state index contributed by atoms with van der Waals surface area (Å²) in [6, 6.07) is 62.0. The summed E-state index contributed by atoms with van der Waals surface area (Å²) < 4.78 is 0. The molecule has 260 valence electrons. The van der Waals surface area contributed by atoms with Crippen molar-refractivity contribution in [3.05, 3.63) is 209 Å². The molecule has 4 nitrogen and oxygen atoms in total. The Balaban J connectivity index is 1.18. The lowest BCUT2D eigenvalue weighted by Gasteiger charge is -2.50. The smallest absolute Gasteiger partial charge is 0.164 e. The van der Waals surface area contributed by atoms with Crippen molar-refractivity contribution in [2.75, 3.05) is 0 Å². The van der Waals surface area contributed by atoms with Crippen molar-refractivity contribution in [1.29, 1.82) is 5.26 Å². The monoisotopic (exact) mass is 722 g/mol. The number of aromatic nitrogens is 3. The van der Waals surface area contributed by atoms with Gasteiger partial charge in [-0.2, -0.15) is 5.26 Å². The van der Waals surface area contributed by atoms with E-state index in [0.717, 1.165) is 27.8 Å². The van der Waals surface area contributed by atoms with Crippen LogP contribution >= 0.6 is 11.8 Å². The molecule has 55 heavy (non-hydrogen) atoms. The topological polar surface area (TPSA) is 62.5 Å². The number of hydrogen-bond donors (Lipinski definition) is 0. The first-order chi connectivity index (χ1) is 26.9. The molecule has 10 rings (SSSR count). The van der Waals surface area contributed by atoms with Crippen LogP contribution in [0.5, 0.6) is 0 Å². The predicted octanol–water partition coefficient (Wildman–Crippen LogP) is 11.9. The van der Waals surface area contributed by atoms with Gasteiger partial charge in [0.25, 0.3) is 0 Å². The maximum atomic E-state index is 9.54. The fourth-order valence-corrected chi connectivity index (χ4v) is 9.95. The molecule has 2 aliphatic rings. The minimum Gasteiger partial charge on any atom is -0.208 e. The number of nitriles is 1. The molecule has 2 heterocycles. The zero-order chi connectivity index (χ0) is 37.1. The van der Waals surface area contributed by atoms with Crippen molar-refractivity contribution in [1.82, 2.24) is 15.0 Å². The van der Waals surface area contributed by atoms with E-state index in [0.29, 0.717) is 23.0 Å². The lowest BCUT2D eigenvalue weighted by Crippen LogP contribution is -2.43. The Hall–Kier alpha value is -6.61. The lowest BCUT2D eigenvalue weighted by atomic mass is 9.54. The summed E-state index contributed by atoms with van der Waals surface area (Å²) in [7, 11) is 0. The Bertz CT molecular complexity index is 2800. The van der Waals surface area contributed by atoms with Gasteiger partial charge in [0.2, 0.25) is 0 Å². The molecule has 0 bridgehead atoms. The van der Waals surface area contributed by atoms with Crippen LogP contribution in [0.4, 0.5) is 0 Å². The van der Waals surface area contributed by atoms with Crippen LogP contribution in [0.3, 0.4) is 0 Å². The first-order valence-corrected chi connectivity index (χ1v) is 19.3. The molecule has 0 radical (unpaired) electrons. The van der Waals surface area contributed by atoms with E-state index in [2.05, 4.69) is 123 Å². The second kappa shape index (κ2) is 12.8. The summed E-state index contributed by atoms with van der Waals surface area (Å²) >= 11 is 1.82. The van der Waals surface area contributed by atoms with Gasteiger partial charge in [-0.1, -0.05) is 165 Å². The van der Waals surface area contributed by atoms with Gasteiger partial charge in [0.05, 0.1) is 17.0 Å². The second-order valence-electron chi connectivity index (χ2n) is 14.7. The van der Waals surface area contributed by atoms with Gasteiger partial charge in [-0.25, -0.2) is 15.0 Å². The van der Waals surface area contributed by atoms with Gasteiger partial charge < -0.3 is 0 Å².